The van der Waals surface area contributed by atoms with Crippen molar-refractivity contribution in [2.24, 2.45) is 0 Å². The fourth-order valence-corrected chi connectivity index (χ4v) is 1.22. The second kappa shape index (κ2) is 2.65. The molecule has 0 saturated heterocycles. The Kier molecular flexibility index (Phi) is 1.62. The fraction of sp³-hybridized carbons (Fsp3) is 0.222. The van der Waals surface area contributed by atoms with Crippen LogP contribution in [0.2, 0.25) is 0 Å². The lowest BCUT2D eigenvalue weighted by Gasteiger charge is -1.94. The number of carbonyl (C=O) groups excluding carboxylic acids is 1. The van der Waals surface area contributed by atoms with Crippen LogP contribution in [0.25, 0.3) is 5.65 Å². The lowest BCUT2D eigenvalue weighted by Crippen LogP contribution is -1.95. The van der Waals surface area contributed by atoms with Crippen molar-refractivity contribution < 1.29 is 4.79 Å². The van der Waals surface area contributed by atoms with Gasteiger partial charge in [-0.1, -0.05) is 0 Å². The Balaban J connectivity index is 2.76. The van der Waals surface area contributed by atoms with E-state index in [0.717, 1.165) is 5.56 Å². The smallest absolute Gasteiger partial charge is 0.165 e. The molecule has 0 aliphatic rings. The highest BCUT2D eigenvalue weighted by Gasteiger charge is 2.08. The minimum Gasteiger partial charge on any atom is -0.294 e. The summed E-state index contributed by atoms with van der Waals surface area (Å²) in [4.78, 5) is 15.3. The molecule has 0 radical (unpaired) electrons. The van der Waals surface area contributed by atoms with Crippen LogP contribution in [0.15, 0.2) is 18.6 Å². The summed E-state index contributed by atoms with van der Waals surface area (Å²) in [6.07, 6.45) is 5.11. The average Bonchev–Trinajstić information content (AvgIpc) is 2.46. The first-order chi connectivity index (χ1) is 6.18. The summed E-state index contributed by atoms with van der Waals surface area (Å²) < 4.78 is 1.62. The summed E-state index contributed by atoms with van der Waals surface area (Å²) in [5.41, 5.74) is 2.21. The molecule has 0 bridgehead atoms. The minimum absolute atomic E-state index is 0.00801. The SMILES string of the molecule is CC(=O)c1cnn2cc(C)cnc12. The molecule has 2 aromatic rings. The van der Waals surface area contributed by atoms with Gasteiger partial charge in [-0.15, -0.1) is 0 Å². The van der Waals surface area contributed by atoms with Crippen LogP contribution in [0.1, 0.15) is 22.8 Å². The number of rotatable bonds is 1. The number of nitrogens with zero attached hydrogens (tertiary/aromatic N) is 3. The van der Waals surface area contributed by atoms with Gasteiger partial charge in [0.2, 0.25) is 0 Å². The van der Waals surface area contributed by atoms with Crippen molar-refractivity contribution in [3.8, 4) is 0 Å². The van der Waals surface area contributed by atoms with Crippen LogP contribution in [0.3, 0.4) is 0 Å². The van der Waals surface area contributed by atoms with Gasteiger partial charge in [0.1, 0.15) is 0 Å². The molecular formula is C9H9N3O. The van der Waals surface area contributed by atoms with Crippen LogP contribution >= 0.6 is 0 Å². The summed E-state index contributed by atoms with van der Waals surface area (Å²) in [7, 11) is 0. The van der Waals surface area contributed by atoms with E-state index in [1.54, 1.807) is 16.9 Å². The Bertz CT molecular complexity index is 473. The Morgan fingerprint density at radius 2 is 2.23 bits per heavy atom. The Labute approximate surface area is 75.2 Å². The second-order valence-electron chi connectivity index (χ2n) is 3.01. The van der Waals surface area contributed by atoms with Crippen molar-refractivity contribution in [2.75, 3.05) is 0 Å². The number of hydrogen-bond acceptors (Lipinski definition) is 3. The molecule has 0 atom stereocenters. The van der Waals surface area contributed by atoms with Gasteiger partial charge in [0.05, 0.1) is 11.8 Å². The largest absolute Gasteiger partial charge is 0.294 e. The third kappa shape index (κ3) is 1.20. The zero-order valence-corrected chi connectivity index (χ0v) is 7.48. The molecule has 0 aliphatic heterocycles. The fourth-order valence-electron chi connectivity index (χ4n) is 1.22. The molecule has 0 aliphatic carbocycles. The highest BCUT2D eigenvalue weighted by Crippen LogP contribution is 2.08. The number of aromatic nitrogens is 3. The van der Waals surface area contributed by atoms with Gasteiger partial charge in [-0.25, -0.2) is 9.50 Å². The van der Waals surface area contributed by atoms with Crippen LogP contribution in [-0.4, -0.2) is 20.4 Å². The molecular weight excluding hydrogens is 166 g/mol. The summed E-state index contributed by atoms with van der Waals surface area (Å²) >= 11 is 0. The maximum Gasteiger partial charge on any atom is 0.165 e. The van der Waals surface area contributed by atoms with E-state index in [-0.39, 0.29) is 5.78 Å². The predicted octanol–water partition coefficient (Wildman–Crippen LogP) is 1.24. The monoisotopic (exact) mass is 175 g/mol. The lowest BCUT2D eigenvalue weighted by atomic mass is 10.2. The van der Waals surface area contributed by atoms with E-state index < -0.39 is 0 Å². The molecule has 2 heterocycles. The van der Waals surface area contributed by atoms with E-state index in [0.29, 0.717) is 11.2 Å². The summed E-state index contributed by atoms with van der Waals surface area (Å²) in [5.74, 6) is -0.00801. The maximum absolute atomic E-state index is 11.1. The van der Waals surface area contributed by atoms with E-state index in [4.69, 9.17) is 0 Å². The molecule has 13 heavy (non-hydrogen) atoms. The van der Waals surface area contributed by atoms with Crippen LogP contribution in [0.5, 0.6) is 0 Å². The Morgan fingerprint density at radius 1 is 1.46 bits per heavy atom. The first-order valence-electron chi connectivity index (χ1n) is 3.99. The van der Waals surface area contributed by atoms with E-state index in [1.165, 1.54) is 6.92 Å². The van der Waals surface area contributed by atoms with Gasteiger partial charge >= 0.3 is 0 Å². The minimum atomic E-state index is -0.00801. The third-order valence-corrected chi connectivity index (χ3v) is 1.86. The van der Waals surface area contributed by atoms with Gasteiger partial charge in [0.25, 0.3) is 0 Å². The van der Waals surface area contributed by atoms with Crippen LogP contribution in [0.4, 0.5) is 0 Å². The zero-order valence-electron chi connectivity index (χ0n) is 7.48. The Hall–Kier alpha value is -1.71. The topological polar surface area (TPSA) is 47.3 Å². The second-order valence-corrected chi connectivity index (χ2v) is 3.01. The molecule has 0 saturated carbocycles. The highest BCUT2D eigenvalue weighted by atomic mass is 16.1. The van der Waals surface area contributed by atoms with Crippen LogP contribution in [0, 0.1) is 6.92 Å². The van der Waals surface area contributed by atoms with E-state index in [1.807, 2.05) is 13.1 Å². The summed E-state index contributed by atoms with van der Waals surface area (Å²) in [6, 6.07) is 0. The van der Waals surface area contributed by atoms with Crippen molar-refractivity contribution in [1.29, 1.82) is 0 Å². The number of hydrogen-bond donors (Lipinski definition) is 0. The van der Waals surface area contributed by atoms with Crippen molar-refractivity contribution in [1.82, 2.24) is 14.6 Å². The van der Waals surface area contributed by atoms with Crippen molar-refractivity contribution >= 4 is 11.4 Å². The molecule has 4 nitrogen and oxygen atoms in total. The molecule has 0 spiro atoms. The number of fused-ring (bicyclic) bond motifs is 1. The number of Topliss-reactive ketones (excluding diaryl/α,β-unsaturated/α-hetero) is 1. The van der Waals surface area contributed by atoms with E-state index in [9.17, 15) is 4.79 Å². The van der Waals surface area contributed by atoms with Gasteiger partial charge in [-0.3, -0.25) is 4.79 Å². The van der Waals surface area contributed by atoms with Crippen molar-refractivity contribution in [2.45, 2.75) is 13.8 Å². The molecule has 0 amide bonds. The number of carbonyl (C=O) groups is 1. The third-order valence-electron chi connectivity index (χ3n) is 1.86. The first-order valence-corrected chi connectivity index (χ1v) is 3.99. The first kappa shape index (κ1) is 7.91. The van der Waals surface area contributed by atoms with E-state index >= 15 is 0 Å². The quantitative estimate of drug-likeness (QED) is 0.612. The standard InChI is InChI=1S/C9H9N3O/c1-6-3-10-9-8(7(2)13)4-11-12(9)5-6/h3-5H,1-2H3. The number of ketones is 1. The van der Waals surface area contributed by atoms with Gasteiger partial charge in [-0.05, 0) is 19.4 Å². The maximum atomic E-state index is 11.1. The van der Waals surface area contributed by atoms with Crippen LogP contribution in [-0.2, 0) is 0 Å². The molecule has 0 aromatic carbocycles. The van der Waals surface area contributed by atoms with Crippen molar-refractivity contribution in [3.05, 3.63) is 29.7 Å². The molecule has 66 valence electrons. The van der Waals surface area contributed by atoms with E-state index in [2.05, 4.69) is 10.1 Å². The summed E-state index contributed by atoms with van der Waals surface area (Å²) in [5, 5.41) is 4.03. The van der Waals surface area contributed by atoms with Gasteiger partial charge in [-0.2, -0.15) is 5.10 Å². The average molecular weight is 175 g/mol. The Morgan fingerprint density at radius 3 is 2.92 bits per heavy atom. The molecule has 4 heteroatoms. The molecule has 2 rings (SSSR count). The lowest BCUT2D eigenvalue weighted by molar-refractivity contribution is 0.101. The zero-order chi connectivity index (χ0) is 9.42. The highest BCUT2D eigenvalue weighted by molar-refractivity contribution is 5.99. The normalized spacial score (nSPS) is 10.6. The summed E-state index contributed by atoms with van der Waals surface area (Å²) in [6.45, 7) is 3.44. The number of aryl methyl sites for hydroxylation is 1. The predicted molar refractivity (Wildman–Crippen MR) is 47.7 cm³/mol. The molecule has 0 fully saturated rings. The van der Waals surface area contributed by atoms with Crippen LogP contribution < -0.4 is 0 Å². The van der Waals surface area contributed by atoms with Gasteiger partial charge < -0.3 is 0 Å². The van der Waals surface area contributed by atoms with Gasteiger partial charge in [0.15, 0.2) is 11.4 Å². The van der Waals surface area contributed by atoms with Crippen molar-refractivity contribution in [3.63, 3.8) is 0 Å². The molecule has 0 N–H and O–H groups in total. The van der Waals surface area contributed by atoms with Gasteiger partial charge in [0, 0.05) is 12.4 Å². The molecule has 2 aromatic heterocycles. The molecule has 0 unspecified atom stereocenters.